The molecule has 0 unspecified atom stereocenters. The molecule has 0 saturated carbocycles. The van der Waals surface area contributed by atoms with Crippen molar-refractivity contribution in [1.29, 1.82) is 0 Å². The molecule has 1 aliphatic heterocycles. The molecule has 1 heterocycles. The third kappa shape index (κ3) is 5.37. The SMILES string of the molecule is COc1ccccc1CC(=O)N1CCC(CNC(=O)C(F)(F)F)CC1. The number of methoxy groups -OCH3 is 1. The Morgan fingerprint density at radius 3 is 2.48 bits per heavy atom. The lowest BCUT2D eigenvalue weighted by Crippen LogP contribution is -2.44. The zero-order chi connectivity index (χ0) is 18.4. The molecule has 1 aromatic carbocycles. The van der Waals surface area contributed by atoms with Crippen LogP contribution in [0.1, 0.15) is 18.4 Å². The molecule has 8 heteroatoms. The van der Waals surface area contributed by atoms with Gasteiger partial charge in [0.05, 0.1) is 13.5 Å². The molecule has 1 N–H and O–H groups in total. The van der Waals surface area contributed by atoms with E-state index in [1.807, 2.05) is 23.5 Å². The number of nitrogens with zero attached hydrogens (tertiary/aromatic N) is 1. The van der Waals surface area contributed by atoms with Gasteiger partial charge in [-0.2, -0.15) is 13.2 Å². The number of ether oxygens (including phenoxy) is 1. The molecule has 2 rings (SSSR count). The zero-order valence-electron chi connectivity index (χ0n) is 13.9. The lowest BCUT2D eigenvalue weighted by Gasteiger charge is -2.32. The number of halogens is 3. The summed E-state index contributed by atoms with van der Waals surface area (Å²) in [4.78, 5) is 24.9. The molecule has 5 nitrogen and oxygen atoms in total. The average Bonchev–Trinajstić information content (AvgIpc) is 2.59. The van der Waals surface area contributed by atoms with E-state index in [0.29, 0.717) is 31.7 Å². The fraction of sp³-hybridized carbons (Fsp3) is 0.529. The largest absolute Gasteiger partial charge is 0.496 e. The highest BCUT2D eigenvalue weighted by Gasteiger charge is 2.38. The Morgan fingerprint density at radius 1 is 1.24 bits per heavy atom. The number of alkyl halides is 3. The van der Waals surface area contributed by atoms with Gasteiger partial charge in [0.15, 0.2) is 0 Å². The smallest absolute Gasteiger partial charge is 0.471 e. The molecule has 1 aliphatic rings. The van der Waals surface area contributed by atoms with Gasteiger partial charge >= 0.3 is 12.1 Å². The van der Waals surface area contributed by atoms with Crippen LogP contribution >= 0.6 is 0 Å². The minimum atomic E-state index is -4.86. The van der Waals surface area contributed by atoms with Gasteiger partial charge in [0, 0.05) is 25.2 Å². The summed E-state index contributed by atoms with van der Waals surface area (Å²) in [5.41, 5.74) is 0.801. The van der Waals surface area contributed by atoms with Crippen LogP contribution in [-0.2, 0) is 16.0 Å². The number of likely N-dealkylation sites (tertiary alicyclic amines) is 1. The van der Waals surface area contributed by atoms with Gasteiger partial charge in [0.2, 0.25) is 5.91 Å². The Labute approximate surface area is 144 Å². The van der Waals surface area contributed by atoms with Crippen LogP contribution in [-0.4, -0.2) is 49.6 Å². The van der Waals surface area contributed by atoms with Gasteiger partial charge < -0.3 is 15.0 Å². The van der Waals surface area contributed by atoms with Crippen LogP contribution < -0.4 is 10.1 Å². The molecule has 138 valence electrons. The second kappa shape index (κ2) is 8.22. The molecule has 1 fully saturated rings. The Bertz CT molecular complexity index is 611. The van der Waals surface area contributed by atoms with Gasteiger partial charge in [-0.05, 0) is 24.8 Å². The van der Waals surface area contributed by atoms with Crippen molar-refractivity contribution in [1.82, 2.24) is 10.2 Å². The summed E-state index contributed by atoms with van der Waals surface area (Å²) in [7, 11) is 1.55. The molecule has 25 heavy (non-hydrogen) atoms. The summed E-state index contributed by atoms with van der Waals surface area (Å²) < 4.78 is 41.7. The third-order valence-corrected chi connectivity index (χ3v) is 4.31. The molecule has 0 aliphatic carbocycles. The molecule has 0 spiro atoms. The molecule has 0 atom stereocenters. The van der Waals surface area contributed by atoms with Crippen molar-refractivity contribution in [2.45, 2.75) is 25.4 Å². The molecular formula is C17H21F3N2O3. The van der Waals surface area contributed by atoms with E-state index in [0.717, 1.165) is 5.56 Å². The number of benzene rings is 1. The van der Waals surface area contributed by atoms with E-state index in [2.05, 4.69) is 0 Å². The molecule has 0 bridgehead atoms. The fourth-order valence-corrected chi connectivity index (χ4v) is 2.85. The molecular weight excluding hydrogens is 337 g/mol. The number of hydrogen-bond acceptors (Lipinski definition) is 3. The summed E-state index contributed by atoms with van der Waals surface area (Å²) in [5, 5.41) is 1.91. The fourth-order valence-electron chi connectivity index (χ4n) is 2.85. The summed E-state index contributed by atoms with van der Waals surface area (Å²) in [6.07, 6.45) is -3.50. The number of rotatable bonds is 5. The summed E-state index contributed by atoms with van der Waals surface area (Å²) >= 11 is 0. The average molecular weight is 358 g/mol. The van der Waals surface area contributed by atoms with Gasteiger partial charge in [-0.25, -0.2) is 0 Å². The van der Waals surface area contributed by atoms with Gasteiger partial charge in [0.25, 0.3) is 0 Å². The number of nitrogens with one attached hydrogen (secondary N) is 1. The predicted octanol–water partition coefficient (Wildman–Crippen LogP) is 2.15. The van der Waals surface area contributed by atoms with Gasteiger partial charge in [-0.1, -0.05) is 18.2 Å². The molecule has 2 amide bonds. The highest BCUT2D eigenvalue weighted by atomic mass is 19.4. The number of piperidine rings is 1. The van der Waals surface area contributed by atoms with Crippen molar-refractivity contribution >= 4 is 11.8 Å². The number of carbonyl (C=O) groups is 2. The highest BCUT2D eigenvalue weighted by Crippen LogP contribution is 2.22. The Hall–Kier alpha value is -2.25. The predicted molar refractivity (Wildman–Crippen MR) is 85.1 cm³/mol. The van der Waals surface area contributed by atoms with Crippen LogP contribution in [0, 0.1) is 5.92 Å². The van der Waals surface area contributed by atoms with Crippen molar-refractivity contribution < 1.29 is 27.5 Å². The van der Waals surface area contributed by atoms with E-state index in [9.17, 15) is 22.8 Å². The van der Waals surface area contributed by atoms with Crippen LogP contribution in [0.25, 0.3) is 0 Å². The maximum Gasteiger partial charge on any atom is 0.471 e. The van der Waals surface area contributed by atoms with Crippen LogP contribution in [0.4, 0.5) is 13.2 Å². The summed E-state index contributed by atoms with van der Waals surface area (Å²) in [6, 6.07) is 7.28. The molecule has 0 radical (unpaired) electrons. The number of hydrogen-bond donors (Lipinski definition) is 1. The lowest BCUT2D eigenvalue weighted by atomic mass is 9.96. The molecule has 1 aromatic rings. The second-order valence-corrected chi connectivity index (χ2v) is 6.02. The van der Waals surface area contributed by atoms with Gasteiger partial charge in [-0.3, -0.25) is 9.59 Å². The van der Waals surface area contributed by atoms with Crippen molar-refractivity contribution in [3.63, 3.8) is 0 Å². The van der Waals surface area contributed by atoms with Crippen molar-refractivity contribution in [3.8, 4) is 5.75 Å². The first-order valence-electron chi connectivity index (χ1n) is 8.06. The maximum atomic E-state index is 12.4. The quantitative estimate of drug-likeness (QED) is 0.878. The second-order valence-electron chi connectivity index (χ2n) is 6.02. The van der Waals surface area contributed by atoms with Crippen LogP contribution in [0.5, 0.6) is 5.75 Å². The zero-order valence-corrected chi connectivity index (χ0v) is 13.9. The lowest BCUT2D eigenvalue weighted by molar-refractivity contribution is -0.173. The first-order valence-corrected chi connectivity index (χ1v) is 8.06. The van der Waals surface area contributed by atoms with E-state index >= 15 is 0 Å². The third-order valence-electron chi connectivity index (χ3n) is 4.31. The summed E-state index contributed by atoms with van der Waals surface area (Å²) in [5.74, 6) is -1.35. The molecule has 1 saturated heterocycles. The topological polar surface area (TPSA) is 58.6 Å². The van der Waals surface area contributed by atoms with E-state index in [-0.39, 0.29) is 24.8 Å². The van der Waals surface area contributed by atoms with Gasteiger partial charge in [-0.15, -0.1) is 0 Å². The van der Waals surface area contributed by atoms with E-state index in [1.54, 1.807) is 18.1 Å². The van der Waals surface area contributed by atoms with Gasteiger partial charge in [0.1, 0.15) is 5.75 Å². The number of amides is 2. The standard InChI is InChI=1S/C17H21F3N2O3/c1-25-14-5-3-2-4-13(14)10-15(23)22-8-6-12(7-9-22)11-21-16(24)17(18,19)20/h2-5,12H,6-11H2,1H3,(H,21,24). The van der Waals surface area contributed by atoms with E-state index in [4.69, 9.17) is 4.74 Å². The van der Waals surface area contributed by atoms with Crippen molar-refractivity contribution in [3.05, 3.63) is 29.8 Å². The minimum absolute atomic E-state index is 0.0210. The van der Waals surface area contributed by atoms with E-state index in [1.165, 1.54) is 0 Å². The van der Waals surface area contributed by atoms with Crippen LogP contribution in [0.3, 0.4) is 0 Å². The first-order chi connectivity index (χ1) is 11.8. The number of para-hydroxylation sites is 1. The monoisotopic (exact) mass is 358 g/mol. The number of carbonyl (C=O) groups excluding carboxylic acids is 2. The Kier molecular flexibility index (Phi) is 6.27. The summed E-state index contributed by atoms with van der Waals surface area (Å²) in [6.45, 7) is 0.925. The van der Waals surface area contributed by atoms with Crippen molar-refractivity contribution in [2.75, 3.05) is 26.7 Å². The maximum absolute atomic E-state index is 12.4. The Balaban J connectivity index is 1.79. The van der Waals surface area contributed by atoms with E-state index < -0.39 is 12.1 Å². The Morgan fingerprint density at radius 2 is 1.88 bits per heavy atom. The molecule has 0 aromatic heterocycles. The van der Waals surface area contributed by atoms with Crippen LogP contribution in [0.15, 0.2) is 24.3 Å². The first kappa shape index (κ1) is 19.1. The minimum Gasteiger partial charge on any atom is -0.496 e. The van der Waals surface area contributed by atoms with Crippen LogP contribution in [0.2, 0.25) is 0 Å². The van der Waals surface area contributed by atoms with Crippen molar-refractivity contribution in [2.24, 2.45) is 5.92 Å². The highest BCUT2D eigenvalue weighted by molar-refractivity contribution is 5.81. The normalized spacial score (nSPS) is 15.8.